The van der Waals surface area contributed by atoms with Crippen molar-refractivity contribution in [1.29, 1.82) is 0 Å². The Balaban J connectivity index is 1.49. The van der Waals surface area contributed by atoms with E-state index < -0.39 is 6.10 Å². The van der Waals surface area contributed by atoms with E-state index in [0.717, 1.165) is 19.4 Å². The fraction of sp³-hybridized carbons (Fsp3) is 0.412. The summed E-state index contributed by atoms with van der Waals surface area (Å²) in [4.78, 5) is 12.2. The van der Waals surface area contributed by atoms with Crippen LogP contribution in [0.3, 0.4) is 0 Å². The van der Waals surface area contributed by atoms with Crippen LogP contribution < -0.4 is 10.1 Å². The van der Waals surface area contributed by atoms with E-state index in [2.05, 4.69) is 10.4 Å². The number of amides is 1. The fourth-order valence-electron chi connectivity index (χ4n) is 2.52. The first-order valence-corrected chi connectivity index (χ1v) is 8.12. The van der Waals surface area contributed by atoms with Crippen LogP contribution >= 0.6 is 11.6 Å². The van der Waals surface area contributed by atoms with Gasteiger partial charge in [0.15, 0.2) is 6.10 Å². The summed E-state index contributed by atoms with van der Waals surface area (Å²) in [6.07, 6.45) is 5.38. The van der Waals surface area contributed by atoms with Gasteiger partial charge in [0.1, 0.15) is 5.75 Å². The van der Waals surface area contributed by atoms with Gasteiger partial charge in [0, 0.05) is 35.9 Å². The number of hydrogen-bond acceptors (Lipinski definition) is 3. The maximum absolute atomic E-state index is 12.2. The molecule has 1 fully saturated rings. The summed E-state index contributed by atoms with van der Waals surface area (Å²) in [5.41, 5.74) is 0.136. The zero-order valence-electron chi connectivity index (χ0n) is 13.0. The summed E-state index contributed by atoms with van der Waals surface area (Å²) in [5, 5.41) is 7.82. The number of benzene rings is 1. The Morgan fingerprint density at radius 2 is 2.30 bits per heavy atom. The smallest absolute Gasteiger partial charge is 0.260 e. The third-order valence-corrected chi connectivity index (χ3v) is 4.36. The first-order valence-electron chi connectivity index (χ1n) is 7.74. The van der Waals surface area contributed by atoms with Crippen molar-refractivity contribution in [2.45, 2.75) is 32.4 Å². The third kappa shape index (κ3) is 4.26. The van der Waals surface area contributed by atoms with Crippen LogP contribution in [0.4, 0.5) is 0 Å². The molecule has 2 aromatic rings. The Kier molecular flexibility index (Phi) is 4.57. The lowest BCUT2D eigenvalue weighted by Gasteiger charge is -2.19. The fourth-order valence-corrected chi connectivity index (χ4v) is 2.70. The largest absolute Gasteiger partial charge is 0.481 e. The first-order chi connectivity index (χ1) is 11.1. The van der Waals surface area contributed by atoms with E-state index >= 15 is 0 Å². The molecular formula is C17H20ClN3O2. The number of nitrogens with zero attached hydrogens (tertiary/aromatic N) is 2. The van der Waals surface area contributed by atoms with Gasteiger partial charge in [-0.15, -0.1) is 0 Å². The molecular weight excluding hydrogens is 314 g/mol. The van der Waals surface area contributed by atoms with Gasteiger partial charge in [0.25, 0.3) is 5.91 Å². The molecule has 1 heterocycles. The van der Waals surface area contributed by atoms with Crippen molar-refractivity contribution in [1.82, 2.24) is 15.1 Å². The molecule has 1 aliphatic carbocycles. The second-order valence-electron chi connectivity index (χ2n) is 6.14. The number of nitrogens with one attached hydrogen (secondary N) is 1. The van der Waals surface area contributed by atoms with E-state index in [-0.39, 0.29) is 11.3 Å². The van der Waals surface area contributed by atoms with Crippen LogP contribution in [-0.4, -0.2) is 28.3 Å². The van der Waals surface area contributed by atoms with Crippen LogP contribution in [-0.2, 0) is 11.3 Å². The summed E-state index contributed by atoms with van der Waals surface area (Å²) in [5.74, 6) is 0.481. The minimum Gasteiger partial charge on any atom is -0.481 e. The third-order valence-electron chi connectivity index (χ3n) is 4.13. The minimum absolute atomic E-state index is 0.114. The number of hydrogen-bond donors (Lipinski definition) is 1. The first kappa shape index (κ1) is 15.9. The second-order valence-corrected chi connectivity index (χ2v) is 6.58. The normalized spacial score (nSPS) is 16.6. The summed E-state index contributed by atoms with van der Waals surface area (Å²) < 4.78 is 7.56. The summed E-state index contributed by atoms with van der Waals surface area (Å²) >= 11 is 5.92. The standard InChI is InChI=1S/C17H20ClN3O2/c1-13(23-15-5-2-4-14(18)10-15)16(22)19-11-17(6-7-17)12-21-9-3-8-20-21/h2-5,8-10,13H,6-7,11-12H2,1H3,(H,19,22)/t13-/m1/s1. The van der Waals surface area contributed by atoms with Crippen molar-refractivity contribution in [2.24, 2.45) is 5.41 Å². The maximum atomic E-state index is 12.2. The zero-order chi connectivity index (χ0) is 16.3. The van der Waals surface area contributed by atoms with Crippen molar-refractivity contribution < 1.29 is 9.53 Å². The maximum Gasteiger partial charge on any atom is 0.260 e. The average Bonchev–Trinajstić information content (AvgIpc) is 3.09. The molecule has 1 saturated carbocycles. The lowest BCUT2D eigenvalue weighted by Crippen LogP contribution is -2.40. The Bertz CT molecular complexity index is 668. The molecule has 0 unspecified atom stereocenters. The lowest BCUT2D eigenvalue weighted by atomic mass is 10.1. The molecule has 1 aromatic heterocycles. The van der Waals surface area contributed by atoms with Crippen LogP contribution in [0, 0.1) is 5.41 Å². The highest BCUT2D eigenvalue weighted by molar-refractivity contribution is 6.30. The number of rotatable bonds is 7. The Morgan fingerprint density at radius 1 is 1.48 bits per heavy atom. The van der Waals surface area contributed by atoms with Crippen LogP contribution in [0.1, 0.15) is 19.8 Å². The highest BCUT2D eigenvalue weighted by Crippen LogP contribution is 2.46. The van der Waals surface area contributed by atoms with Gasteiger partial charge in [-0.25, -0.2) is 0 Å². The van der Waals surface area contributed by atoms with E-state index in [1.165, 1.54) is 0 Å². The molecule has 0 saturated heterocycles. The second kappa shape index (κ2) is 6.62. The van der Waals surface area contributed by atoms with Crippen LogP contribution in [0.2, 0.25) is 5.02 Å². The molecule has 0 bridgehead atoms. The van der Waals surface area contributed by atoms with E-state index in [9.17, 15) is 4.79 Å². The molecule has 1 amide bonds. The molecule has 6 heteroatoms. The molecule has 1 N–H and O–H groups in total. The van der Waals surface area contributed by atoms with E-state index in [1.54, 1.807) is 37.4 Å². The summed E-state index contributed by atoms with van der Waals surface area (Å²) in [6, 6.07) is 8.97. The predicted molar refractivity (Wildman–Crippen MR) is 88.4 cm³/mol. The van der Waals surface area contributed by atoms with Gasteiger partial charge in [-0.1, -0.05) is 17.7 Å². The number of aromatic nitrogens is 2. The van der Waals surface area contributed by atoms with Crippen LogP contribution in [0.25, 0.3) is 0 Å². The minimum atomic E-state index is -0.561. The Morgan fingerprint density at radius 3 is 2.96 bits per heavy atom. The molecule has 0 aliphatic heterocycles. The predicted octanol–water partition coefficient (Wildman–Crippen LogP) is 2.90. The van der Waals surface area contributed by atoms with E-state index in [1.807, 2.05) is 16.9 Å². The molecule has 1 atom stereocenters. The molecule has 0 radical (unpaired) electrons. The summed E-state index contributed by atoms with van der Waals surface area (Å²) in [7, 11) is 0. The monoisotopic (exact) mass is 333 g/mol. The van der Waals surface area contributed by atoms with Gasteiger partial charge in [0.05, 0.1) is 0 Å². The molecule has 1 aliphatic rings. The number of halogens is 1. The number of carbonyl (C=O) groups excluding carboxylic acids is 1. The summed E-state index contributed by atoms with van der Waals surface area (Å²) in [6.45, 7) is 3.22. The van der Waals surface area contributed by atoms with Crippen molar-refractivity contribution in [2.75, 3.05) is 6.54 Å². The SMILES string of the molecule is C[C@@H](Oc1cccc(Cl)c1)C(=O)NCC1(Cn2cccn2)CC1. The molecule has 3 rings (SSSR count). The van der Waals surface area contributed by atoms with Gasteiger partial charge in [-0.2, -0.15) is 5.10 Å². The van der Waals surface area contributed by atoms with Gasteiger partial charge in [0.2, 0.25) is 0 Å². The van der Waals surface area contributed by atoms with Crippen molar-refractivity contribution >= 4 is 17.5 Å². The zero-order valence-corrected chi connectivity index (χ0v) is 13.8. The van der Waals surface area contributed by atoms with Crippen molar-refractivity contribution in [3.63, 3.8) is 0 Å². The van der Waals surface area contributed by atoms with E-state index in [0.29, 0.717) is 17.3 Å². The van der Waals surface area contributed by atoms with Gasteiger partial charge in [-0.3, -0.25) is 9.48 Å². The number of carbonyl (C=O) groups is 1. The Labute approximate surface area is 140 Å². The van der Waals surface area contributed by atoms with Gasteiger partial charge < -0.3 is 10.1 Å². The molecule has 122 valence electrons. The highest BCUT2D eigenvalue weighted by atomic mass is 35.5. The molecule has 0 spiro atoms. The highest BCUT2D eigenvalue weighted by Gasteiger charge is 2.43. The van der Waals surface area contributed by atoms with Crippen molar-refractivity contribution in [3.05, 3.63) is 47.7 Å². The van der Waals surface area contributed by atoms with Gasteiger partial charge >= 0.3 is 0 Å². The topological polar surface area (TPSA) is 56.1 Å². The molecule has 1 aromatic carbocycles. The number of ether oxygens (including phenoxy) is 1. The van der Waals surface area contributed by atoms with Crippen LogP contribution in [0.15, 0.2) is 42.7 Å². The molecule has 23 heavy (non-hydrogen) atoms. The average molecular weight is 334 g/mol. The Hall–Kier alpha value is -2.01. The molecule has 5 nitrogen and oxygen atoms in total. The quantitative estimate of drug-likeness (QED) is 0.847. The van der Waals surface area contributed by atoms with E-state index in [4.69, 9.17) is 16.3 Å². The van der Waals surface area contributed by atoms with Gasteiger partial charge in [-0.05, 0) is 44.0 Å². The lowest BCUT2D eigenvalue weighted by molar-refractivity contribution is -0.127. The van der Waals surface area contributed by atoms with Crippen LogP contribution in [0.5, 0.6) is 5.75 Å². The van der Waals surface area contributed by atoms with Crippen molar-refractivity contribution in [3.8, 4) is 5.75 Å².